The molecule has 0 aliphatic carbocycles. The number of ether oxygens (including phenoxy) is 1. The van der Waals surface area contributed by atoms with Crippen LogP contribution in [0.4, 0.5) is 0 Å². The molecule has 16 heavy (non-hydrogen) atoms. The van der Waals surface area contributed by atoms with Crippen LogP contribution in [-0.4, -0.2) is 5.62 Å². The Hall–Kier alpha value is -1.74. The highest BCUT2D eigenvalue weighted by molar-refractivity contribution is 7.94. The van der Waals surface area contributed by atoms with E-state index in [1.807, 2.05) is 60.7 Å². The Morgan fingerprint density at radius 3 is 1.44 bits per heavy atom. The van der Waals surface area contributed by atoms with Crippen LogP contribution in [0.15, 0.2) is 60.7 Å². The molecule has 3 heteroatoms. The van der Waals surface area contributed by atoms with Crippen LogP contribution >= 0.6 is 12.6 Å². The van der Waals surface area contributed by atoms with Crippen LogP contribution in [-0.2, 0) is 4.79 Å². The molecule has 0 radical (unpaired) electrons. The Morgan fingerprint density at radius 1 is 0.812 bits per heavy atom. The minimum absolute atomic E-state index is 0.444. The van der Waals surface area contributed by atoms with Gasteiger partial charge in [0.1, 0.15) is 11.5 Å². The van der Waals surface area contributed by atoms with Crippen molar-refractivity contribution in [3.63, 3.8) is 0 Å². The summed E-state index contributed by atoms with van der Waals surface area (Å²) in [5.74, 6) is 1.74. The van der Waals surface area contributed by atoms with Gasteiger partial charge in [0.25, 0.3) is 0 Å². The lowest BCUT2D eigenvalue weighted by molar-refractivity contribution is 0.482. The third kappa shape index (κ3) is 4.66. The molecule has 0 atom stereocenters. The first-order valence-electron chi connectivity index (χ1n) is 4.72. The molecule has 2 aromatic carbocycles. The van der Waals surface area contributed by atoms with E-state index in [4.69, 9.17) is 9.53 Å². The lowest BCUT2D eigenvalue weighted by Crippen LogP contribution is -1.81. The first-order valence-corrected chi connectivity index (χ1v) is 5.24. The van der Waals surface area contributed by atoms with Crippen molar-refractivity contribution in [2.45, 2.75) is 0 Å². The largest absolute Gasteiger partial charge is 0.457 e. The van der Waals surface area contributed by atoms with Crippen LogP contribution < -0.4 is 4.74 Å². The van der Waals surface area contributed by atoms with Crippen molar-refractivity contribution in [1.82, 2.24) is 0 Å². The summed E-state index contributed by atoms with van der Waals surface area (Å²) in [6.07, 6.45) is 0. The van der Waals surface area contributed by atoms with Gasteiger partial charge in [-0.15, -0.1) is 12.6 Å². The lowest BCUT2D eigenvalue weighted by atomic mass is 10.3. The molecule has 0 spiro atoms. The van der Waals surface area contributed by atoms with E-state index < -0.39 is 0 Å². The average molecular weight is 232 g/mol. The Kier molecular flexibility index (Phi) is 5.81. The van der Waals surface area contributed by atoms with Crippen molar-refractivity contribution >= 4 is 18.2 Å². The van der Waals surface area contributed by atoms with Gasteiger partial charge in [-0.2, -0.15) is 0 Å². The normalized spacial score (nSPS) is 8.56. The monoisotopic (exact) mass is 232 g/mol. The minimum atomic E-state index is 0.444. The van der Waals surface area contributed by atoms with Crippen LogP contribution in [0, 0.1) is 0 Å². The van der Waals surface area contributed by atoms with Crippen LogP contribution in [0.3, 0.4) is 0 Å². The van der Waals surface area contributed by atoms with Gasteiger partial charge in [0.2, 0.25) is 0 Å². The maximum absolute atomic E-state index is 8.67. The summed E-state index contributed by atoms with van der Waals surface area (Å²) in [7, 11) is 0. The molecule has 0 aliphatic rings. The predicted octanol–water partition coefficient (Wildman–Crippen LogP) is 3.59. The maximum Gasteiger partial charge on any atom is 0.173 e. The summed E-state index contributed by atoms with van der Waals surface area (Å²) in [5.41, 5.74) is 0.444. The fraction of sp³-hybridized carbons (Fsp3) is 0. The lowest BCUT2D eigenvalue weighted by Gasteiger charge is -2.03. The molecule has 0 saturated carbocycles. The Morgan fingerprint density at radius 2 is 1.12 bits per heavy atom. The number of rotatable bonds is 2. The molecule has 82 valence electrons. The Labute approximate surface area is 100 Å². The molecule has 0 unspecified atom stereocenters. The van der Waals surface area contributed by atoms with Crippen LogP contribution in [0.2, 0.25) is 0 Å². The molecule has 0 bridgehead atoms. The van der Waals surface area contributed by atoms with Crippen LogP contribution in [0.1, 0.15) is 0 Å². The molecule has 2 rings (SSSR count). The van der Waals surface area contributed by atoms with E-state index in [0.717, 1.165) is 11.5 Å². The molecular formula is C13H12O2S. The highest BCUT2D eigenvalue weighted by Gasteiger charge is 1.92. The molecule has 2 nitrogen and oxygen atoms in total. The zero-order valence-corrected chi connectivity index (χ0v) is 9.51. The summed E-state index contributed by atoms with van der Waals surface area (Å²) in [5, 5.41) is 0. The predicted molar refractivity (Wildman–Crippen MR) is 68.7 cm³/mol. The van der Waals surface area contributed by atoms with Gasteiger partial charge < -0.3 is 4.74 Å². The van der Waals surface area contributed by atoms with Gasteiger partial charge in [-0.3, -0.25) is 4.79 Å². The van der Waals surface area contributed by atoms with E-state index in [2.05, 4.69) is 12.6 Å². The number of hydrogen-bond donors (Lipinski definition) is 1. The van der Waals surface area contributed by atoms with E-state index in [0.29, 0.717) is 5.62 Å². The number of benzene rings is 2. The summed E-state index contributed by atoms with van der Waals surface area (Å²) in [6, 6.07) is 19.5. The van der Waals surface area contributed by atoms with E-state index in [9.17, 15) is 0 Å². The summed E-state index contributed by atoms with van der Waals surface area (Å²) < 4.78 is 5.58. The van der Waals surface area contributed by atoms with E-state index in [1.54, 1.807) is 0 Å². The quantitative estimate of drug-likeness (QED) is 0.632. The van der Waals surface area contributed by atoms with Gasteiger partial charge in [-0.1, -0.05) is 36.4 Å². The van der Waals surface area contributed by atoms with E-state index >= 15 is 0 Å². The fourth-order valence-electron chi connectivity index (χ4n) is 1.11. The molecular weight excluding hydrogens is 220 g/mol. The third-order valence-electron chi connectivity index (χ3n) is 1.72. The number of thiol groups is 1. The van der Waals surface area contributed by atoms with E-state index in [-0.39, 0.29) is 0 Å². The first kappa shape index (κ1) is 12.3. The number of carbonyl (C=O) groups excluding carboxylic acids is 1. The molecule has 2 aromatic rings. The van der Waals surface area contributed by atoms with Gasteiger partial charge >= 0.3 is 0 Å². The Bertz CT molecular complexity index is 363. The second kappa shape index (κ2) is 7.54. The van der Waals surface area contributed by atoms with Gasteiger partial charge in [0, 0.05) is 0 Å². The molecule has 0 fully saturated rings. The average Bonchev–Trinajstić information content (AvgIpc) is 2.33. The standard InChI is InChI=1S/C12H10O.CH2OS/c1-3-7-11(8-4-1)13-12-9-5-2-6-10-12;2-1-3/h1-10H;1H,(H,2,3). The zero-order valence-electron chi connectivity index (χ0n) is 8.61. The third-order valence-corrected chi connectivity index (χ3v) is 1.72. The molecule has 0 aromatic heterocycles. The van der Waals surface area contributed by atoms with Crippen molar-refractivity contribution in [2.24, 2.45) is 0 Å². The summed E-state index contributed by atoms with van der Waals surface area (Å²) in [4.78, 5) is 8.67. The van der Waals surface area contributed by atoms with Crippen molar-refractivity contribution in [1.29, 1.82) is 0 Å². The molecule has 0 N–H and O–H groups in total. The number of hydrogen-bond acceptors (Lipinski definition) is 2. The van der Waals surface area contributed by atoms with Crippen molar-refractivity contribution in [3.05, 3.63) is 60.7 Å². The van der Waals surface area contributed by atoms with Crippen LogP contribution in [0.25, 0.3) is 0 Å². The smallest absolute Gasteiger partial charge is 0.173 e. The van der Waals surface area contributed by atoms with Crippen LogP contribution in [0.5, 0.6) is 11.5 Å². The van der Waals surface area contributed by atoms with Crippen molar-refractivity contribution < 1.29 is 9.53 Å². The van der Waals surface area contributed by atoms with Gasteiger partial charge in [-0.05, 0) is 24.3 Å². The maximum atomic E-state index is 8.67. The molecule has 0 amide bonds. The Balaban J connectivity index is 0.000000386. The second-order valence-corrected chi connectivity index (χ2v) is 3.04. The second-order valence-electron chi connectivity index (χ2n) is 2.83. The topological polar surface area (TPSA) is 26.3 Å². The number of carbonyl (C=O) groups is 1. The summed E-state index contributed by atoms with van der Waals surface area (Å²) >= 11 is 3.11. The van der Waals surface area contributed by atoms with E-state index in [1.165, 1.54) is 0 Å². The highest BCUT2D eigenvalue weighted by atomic mass is 32.1. The first-order chi connectivity index (χ1) is 7.86. The minimum Gasteiger partial charge on any atom is -0.457 e. The highest BCUT2D eigenvalue weighted by Crippen LogP contribution is 2.19. The van der Waals surface area contributed by atoms with Gasteiger partial charge in [0.05, 0.1) is 0 Å². The SMILES string of the molecule is O=CS.c1ccc(Oc2ccccc2)cc1. The van der Waals surface area contributed by atoms with Crippen molar-refractivity contribution in [2.75, 3.05) is 0 Å². The molecule has 0 saturated heterocycles. The molecule has 0 heterocycles. The zero-order chi connectivity index (χ0) is 11.6. The van der Waals surface area contributed by atoms with Gasteiger partial charge in [-0.25, -0.2) is 0 Å². The van der Waals surface area contributed by atoms with Gasteiger partial charge in [0.15, 0.2) is 5.62 Å². The fourth-order valence-corrected chi connectivity index (χ4v) is 1.11. The van der Waals surface area contributed by atoms with Crippen molar-refractivity contribution in [3.8, 4) is 11.5 Å². The summed E-state index contributed by atoms with van der Waals surface area (Å²) in [6.45, 7) is 0. The molecule has 0 aliphatic heterocycles. The number of para-hydroxylation sites is 2.